The van der Waals surface area contributed by atoms with E-state index in [-0.39, 0.29) is 10.6 Å². The van der Waals surface area contributed by atoms with Crippen LogP contribution < -0.4 is 5.32 Å². The van der Waals surface area contributed by atoms with Gasteiger partial charge in [-0.05, 0) is 25.0 Å². The molecule has 6 heteroatoms. The molecule has 0 saturated carbocycles. The molecule has 25 heavy (non-hydrogen) atoms. The summed E-state index contributed by atoms with van der Waals surface area (Å²) in [6, 6.07) is 15.3. The summed E-state index contributed by atoms with van der Waals surface area (Å²) in [6.45, 7) is 4.60. The predicted molar refractivity (Wildman–Crippen MR) is 97.9 cm³/mol. The molecule has 6 nitrogen and oxygen atoms in total. The molecule has 0 radical (unpaired) electrons. The number of aryl methyl sites for hydroxylation is 1. The second kappa shape index (κ2) is 10.4. The molecule has 0 aromatic heterocycles. The first-order valence-electron chi connectivity index (χ1n) is 8.36. The number of hydrogen-bond donors (Lipinski definition) is 1. The average molecular weight is 344 g/mol. The Bertz CT molecular complexity index is 662. The van der Waals surface area contributed by atoms with Crippen LogP contribution in [0.3, 0.4) is 0 Å². The third-order valence-electron chi connectivity index (χ3n) is 3.67. The van der Waals surface area contributed by atoms with E-state index in [0.717, 1.165) is 12.0 Å². The highest BCUT2D eigenvalue weighted by Crippen LogP contribution is 2.27. The Morgan fingerprint density at radius 1 is 1.00 bits per heavy atom. The normalized spacial score (nSPS) is 10.6. The van der Waals surface area contributed by atoms with Crippen molar-refractivity contribution in [3.63, 3.8) is 0 Å². The Labute approximate surface area is 147 Å². The van der Waals surface area contributed by atoms with E-state index in [1.165, 1.54) is 0 Å². The van der Waals surface area contributed by atoms with Gasteiger partial charge in [-0.1, -0.05) is 42.5 Å². The summed E-state index contributed by atoms with van der Waals surface area (Å²) in [6.07, 6.45) is 0.817. The molecule has 0 saturated heterocycles. The van der Waals surface area contributed by atoms with Crippen molar-refractivity contribution in [1.82, 2.24) is 0 Å². The van der Waals surface area contributed by atoms with Crippen LogP contribution in [0.2, 0.25) is 0 Å². The van der Waals surface area contributed by atoms with Crippen molar-refractivity contribution in [2.24, 2.45) is 0 Å². The van der Waals surface area contributed by atoms with E-state index in [1.807, 2.05) is 30.3 Å². The third kappa shape index (κ3) is 6.52. The van der Waals surface area contributed by atoms with Crippen LogP contribution in [0.4, 0.5) is 11.4 Å². The highest BCUT2D eigenvalue weighted by Gasteiger charge is 2.15. The number of rotatable bonds is 11. The van der Waals surface area contributed by atoms with Gasteiger partial charge in [0.05, 0.1) is 18.1 Å². The zero-order chi connectivity index (χ0) is 17.9. The van der Waals surface area contributed by atoms with Crippen molar-refractivity contribution < 1.29 is 14.4 Å². The lowest BCUT2D eigenvalue weighted by molar-refractivity contribution is -0.384. The van der Waals surface area contributed by atoms with Crippen LogP contribution in [0, 0.1) is 17.0 Å². The second-order valence-electron chi connectivity index (χ2n) is 5.66. The number of nitrogens with zero attached hydrogens (tertiary/aromatic N) is 1. The lowest BCUT2D eigenvalue weighted by atomic mass is 10.1. The molecule has 0 unspecified atom stereocenters. The minimum absolute atomic E-state index is 0.122. The van der Waals surface area contributed by atoms with E-state index in [1.54, 1.807) is 25.1 Å². The van der Waals surface area contributed by atoms with Gasteiger partial charge in [0, 0.05) is 25.3 Å². The number of anilines is 1. The molecule has 2 aromatic rings. The fourth-order valence-corrected chi connectivity index (χ4v) is 2.43. The molecule has 1 N–H and O–H groups in total. The topological polar surface area (TPSA) is 73.6 Å². The van der Waals surface area contributed by atoms with Gasteiger partial charge >= 0.3 is 0 Å². The van der Waals surface area contributed by atoms with Gasteiger partial charge in [0.2, 0.25) is 0 Å². The summed E-state index contributed by atoms with van der Waals surface area (Å²) >= 11 is 0. The van der Waals surface area contributed by atoms with Gasteiger partial charge in [-0.25, -0.2) is 0 Å². The van der Waals surface area contributed by atoms with Gasteiger partial charge in [0.1, 0.15) is 5.69 Å². The lowest BCUT2D eigenvalue weighted by Crippen LogP contribution is -2.12. The maximum atomic E-state index is 11.1. The quantitative estimate of drug-likeness (QED) is 0.380. The summed E-state index contributed by atoms with van der Waals surface area (Å²) < 4.78 is 11.1. The molecule has 0 bridgehead atoms. The van der Waals surface area contributed by atoms with Gasteiger partial charge in [0.15, 0.2) is 0 Å². The molecule has 0 aliphatic heterocycles. The lowest BCUT2D eigenvalue weighted by Gasteiger charge is -2.09. The fourth-order valence-electron chi connectivity index (χ4n) is 2.43. The number of nitrogens with one attached hydrogen (secondary N) is 1. The fraction of sp³-hybridized carbons (Fsp3) is 0.368. The van der Waals surface area contributed by atoms with Crippen LogP contribution >= 0.6 is 0 Å². The summed E-state index contributed by atoms with van der Waals surface area (Å²) in [5.74, 6) is 0. The van der Waals surface area contributed by atoms with Crippen molar-refractivity contribution in [2.75, 3.05) is 31.7 Å². The molecule has 0 fully saturated rings. The monoisotopic (exact) mass is 344 g/mol. The molecule has 0 aliphatic carbocycles. The van der Waals surface area contributed by atoms with Crippen molar-refractivity contribution in [1.29, 1.82) is 0 Å². The Hall–Kier alpha value is -2.44. The standard InChI is InChI=1S/C19H24N2O4/c1-16-7-5-10-18(19(16)21(22)23)20-11-14-24-12-6-13-25-15-17-8-3-2-4-9-17/h2-5,7-10,20H,6,11-15H2,1H3. The van der Waals surface area contributed by atoms with Crippen LogP contribution in [-0.4, -0.2) is 31.3 Å². The molecule has 134 valence electrons. The maximum Gasteiger partial charge on any atom is 0.295 e. The predicted octanol–water partition coefficient (Wildman–Crippen LogP) is 3.94. The van der Waals surface area contributed by atoms with E-state index in [2.05, 4.69) is 5.32 Å². The van der Waals surface area contributed by atoms with E-state index >= 15 is 0 Å². The number of nitro groups is 1. The first-order valence-corrected chi connectivity index (χ1v) is 8.36. The number of nitro benzene ring substituents is 1. The summed E-state index contributed by atoms with van der Waals surface area (Å²) in [7, 11) is 0. The Kier molecular flexibility index (Phi) is 7.88. The number of benzene rings is 2. The molecular weight excluding hydrogens is 320 g/mol. The van der Waals surface area contributed by atoms with Gasteiger partial charge < -0.3 is 14.8 Å². The van der Waals surface area contributed by atoms with Crippen molar-refractivity contribution in [2.45, 2.75) is 20.0 Å². The Morgan fingerprint density at radius 2 is 1.76 bits per heavy atom. The zero-order valence-corrected chi connectivity index (χ0v) is 14.4. The first kappa shape index (κ1) is 18.9. The molecule has 0 heterocycles. The minimum Gasteiger partial charge on any atom is -0.380 e. The Morgan fingerprint density at radius 3 is 2.52 bits per heavy atom. The highest BCUT2D eigenvalue weighted by molar-refractivity contribution is 5.64. The van der Waals surface area contributed by atoms with Crippen molar-refractivity contribution in [3.05, 3.63) is 69.8 Å². The summed E-state index contributed by atoms with van der Waals surface area (Å²) in [5, 5.41) is 14.2. The SMILES string of the molecule is Cc1cccc(NCCOCCCOCc2ccccc2)c1[N+](=O)[O-]. The van der Waals surface area contributed by atoms with Crippen molar-refractivity contribution in [3.8, 4) is 0 Å². The van der Waals surface area contributed by atoms with Gasteiger partial charge in [-0.3, -0.25) is 10.1 Å². The van der Waals surface area contributed by atoms with E-state index in [9.17, 15) is 10.1 Å². The molecular formula is C19H24N2O4. The van der Waals surface area contributed by atoms with E-state index in [0.29, 0.717) is 44.2 Å². The molecule has 2 rings (SSSR count). The number of hydrogen-bond acceptors (Lipinski definition) is 5. The number of para-hydroxylation sites is 1. The van der Waals surface area contributed by atoms with E-state index < -0.39 is 0 Å². The van der Waals surface area contributed by atoms with Gasteiger partial charge in [-0.15, -0.1) is 0 Å². The average Bonchev–Trinajstić information content (AvgIpc) is 2.61. The second-order valence-corrected chi connectivity index (χ2v) is 5.66. The Balaban J connectivity index is 1.55. The molecule has 2 aromatic carbocycles. The largest absolute Gasteiger partial charge is 0.380 e. The summed E-state index contributed by atoms with van der Waals surface area (Å²) in [5.41, 5.74) is 2.45. The van der Waals surface area contributed by atoms with Crippen LogP contribution in [-0.2, 0) is 16.1 Å². The van der Waals surface area contributed by atoms with Gasteiger partial charge in [0.25, 0.3) is 5.69 Å². The smallest absolute Gasteiger partial charge is 0.295 e. The number of ether oxygens (including phenoxy) is 2. The molecule has 0 aliphatic rings. The zero-order valence-electron chi connectivity index (χ0n) is 14.4. The maximum absolute atomic E-state index is 11.1. The van der Waals surface area contributed by atoms with Crippen LogP contribution in [0.1, 0.15) is 17.5 Å². The molecule has 0 atom stereocenters. The van der Waals surface area contributed by atoms with Crippen LogP contribution in [0.5, 0.6) is 0 Å². The highest BCUT2D eigenvalue weighted by atomic mass is 16.6. The van der Waals surface area contributed by atoms with Crippen LogP contribution in [0.15, 0.2) is 48.5 Å². The summed E-state index contributed by atoms with van der Waals surface area (Å²) in [4.78, 5) is 10.7. The van der Waals surface area contributed by atoms with Crippen molar-refractivity contribution >= 4 is 11.4 Å². The van der Waals surface area contributed by atoms with Gasteiger partial charge in [-0.2, -0.15) is 0 Å². The van der Waals surface area contributed by atoms with E-state index in [4.69, 9.17) is 9.47 Å². The third-order valence-corrected chi connectivity index (χ3v) is 3.67. The molecule has 0 amide bonds. The molecule has 0 spiro atoms. The minimum atomic E-state index is -0.359. The first-order chi connectivity index (χ1) is 12.2. The van der Waals surface area contributed by atoms with Crippen LogP contribution in [0.25, 0.3) is 0 Å².